The quantitative estimate of drug-likeness (QED) is 0.915. The molecule has 20 heavy (non-hydrogen) atoms. The van der Waals surface area contributed by atoms with E-state index >= 15 is 0 Å². The Bertz CT molecular complexity index is 630. The Labute approximate surface area is 116 Å². The molecule has 0 atom stereocenters. The van der Waals surface area contributed by atoms with Crippen molar-refractivity contribution in [2.75, 3.05) is 6.54 Å². The maximum Gasteiger partial charge on any atom is 0.257 e. The van der Waals surface area contributed by atoms with Crippen molar-refractivity contribution in [1.29, 1.82) is 0 Å². The largest absolute Gasteiger partial charge is 0.336 e. The van der Waals surface area contributed by atoms with Crippen molar-refractivity contribution in [1.82, 2.24) is 4.90 Å². The van der Waals surface area contributed by atoms with E-state index in [-0.39, 0.29) is 12.6 Å². The highest BCUT2D eigenvalue weighted by atomic mass is 32.2. The molecule has 0 bridgehead atoms. The molecule has 0 aliphatic heterocycles. The van der Waals surface area contributed by atoms with Crippen LogP contribution in [0.2, 0.25) is 0 Å². The highest BCUT2D eigenvalue weighted by Gasteiger charge is 2.25. The molecular weight excluding hydrogens is 290 g/mol. The fourth-order valence-corrected chi connectivity index (χ4v) is 2.33. The minimum absolute atomic E-state index is 0.242. The van der Waals surface area contributed by atoms with Crippen LogP contribution < -0.4 is 5.14 Å². The Morgan fingerprint density at radius 2 is 1.90 bits per heavy atom. The summed E-state index contributed by atoms with van der Waals surface area (Å²) in [7, 11) is -4.23. The Morgan fingerprint density at radius 1 is 1.35 bits per heavy atom. The molecule has 0 radical (unpaired) electrons. The van der Waals surface area contributed by atoms with Crippen molar-refractivity contribution in [3.63, 3.8) is 0 Å². The van der Waals surface area contributed by atoms with Crippen LogP contribution in [0.5, 0.6) is 0 Å². The van der Waals surface area contributed by atoms with Crippen LogP contribution in [0.15, 0.2) is 17.0 Å². The number of nitrogens with two attached hydrogens (primary N) is 1. The molecule has 1 aromatic carbocycles. The van der Waals surface area contributed by atoms with Crippen LogP contribution in [0.4, 0.5) is 8.78 Å². The highest BCUT2D eigenvalue weighted by Crippen LogP contribution is 2.20. The summed E-state index contributed by atoms with van der Waals surface area (Å²) in [5.74, 6) is -3.61. The zero-order valence-corrected chi connectivity index (χ0v) is 12.2. The maximum absolute atomic E-state index is 13.7. The fourth-order valence-electron chi connectivity index (χ4n) is 1.78. The molecule has 0 saturated carbocycles. The average Bonchev–Trinajstić information content (AvgIpc) is 2.31. The number of benzene rings is 1. The second-order valence-electron chi connectivity index (χ2n) is 4.50. The summed E-state index contributed by atoms with van der Waals surface area (Å²) in [5, 5.41) is 4.87. The second kappa shape index (κ2) is 5.84. The third-order valence-corrected chi connectivity index (χ3v) is 3.68. The molecule has 1 amide bonds. The van der Waals surface area contributed by atoms with Crippen molar-refractivity contribution in [3.8, 4) is 0 Å². The molecule has 1 aromatic rings. The lowest BCUT2D eigenvalue weighted by Crippen LogP contribution is -2.37. The van der Waals surface area contributed by atoms with Gasteiger partial charge in [0.1, 0.15) is 0 Å². The van der Waals surface area contributed by atoms with Gasteiger partial charge in [-0.25, -0.2) is 22.3 Å². The van der Waals surface area contributed by atoms with Crippen molar-refractivity contribution < 1.29 is 22.0 Å². The van der Waals surface area contributed by atoms with Gasteiger partial charge in [0.05, 0.1) is 10.5 Å². The van der Waals surface area contributed by atoms with E-state index in [9.17, 15) is 22.0 Å². The Morgan fingerprint density at radius 3 is 2.30 bits per heavy atom. The van der Waals surface area contributed by atoms with Crippen LogP contribution in [0.25, 0.3) is 0 Å². The normalized spacial score (nSPS) is 11.8. The van der Waals surface area contributed by atoms with Crippen LogP contribution >= 0.6 is 0 Å². The van der Waals surface area contributed by atoms with E-state index in [1.165, 1.54) is 4.90 Å². The van der Waals surface area contributed by atoms with Crippen LogP contribution in [0, 0.1) is 11.6 Å². The first kappa shape index (κ1) is 16.5. The molecule has 0 unspecified atom stereocenters. The SMILES string of the molecule is CCN(C(=O)c1cc(S(N)(=O)=O)cc(F)c1F)C(C)C. The van der Waals surface area contributed by atoms with Gasteiger partial charge in [-0.05, 0) is 32.9 Å². The predicted octanol–water partition coefficient (Wildman–Crippen LogP) is 1.48. The van der Waals surface area contributed by atoms with Gasteiger partial charge < -0.3 is 4.90 Å². The zero-order valence-electron chi connectivity index (χ0n) is 11.4. The molecule has 0 fully saturated rings. The van der Waals surface area contributed by atoms with E-state index in [1.54, 1.807) is 20.8 Å². The minimum Gasteiger partial charge on any atom is -0.336 e. The molecule has 0 heterocycles. The number of carbonyl (C=O) groups excluding carboxylic acids is 1. The van der Waals surface area contributed by atoms with Gasteiger partial charge in [-0.15, -0.1) is 0 Å². The summed E-state index contributed by atoms with van der Waals surface area (Å²) in [5.41, 5.74) is -0.649. The number of nitrogens with zero attached hydrogens (tertiary/aromatic N) is 1. The number of amides is 1. The molecule has 2 N–H and O–H groups in total. The number of primary sulfonamides is 1. The van der Waals surface area contributed by atoms with Crippen LogP contribution in [0.3, 0.4) is 0 Å². The summed E-state index contributed by atoms with van der Waals surface area (Å²) in [4.78, 5) is 12.8. The lowest BCUT2D eigenvalue weighted by atomic mass is 10.1. The van der Waals surface area contributed by atoms with Crippen LogP contribution in [-0.4, -0.2) is 31.8 Å². The van der Waals surface area contributed by atoms with Gasteiger partial charge in [0, 0.05) is 12.6 Å². The molecule has 0 saturated heterocycles. The first-order chi connectivity index (χ1) is 9.09. The third kappa shape index (κ3) is 3.31. The molecule has 0 aliphatic rings. The summed E-state index contributed by atoms with van der Waals surface area (Å²) < 4.78 is 49.6. The lowest BCUT2D eigenvalue weighted by Gasteiger charge is -2.25. The number of carbonyl (C=O) groups is 1. The smallest absolute Gasteiger partial charge is 0.257 e. The van der Waals surface area contributed by atoms with Gasteiger partial charge in [0.25, 0.3) is 5.91 Å². The summed E-state index contributed by atoms with van der Waals surface area (Å²) in [6, 6.07) is 0.960. The number of rotatable bonds is 4. The zero-order chi connectivity index (χ0) is 15.7. The average molecular weight is 306 g/mol. The molecule has 0 aliphatic carbocycles. The molecule has 112 valence electrons. The minimum atomic E-state index is -4.23. The topological polar surface area (TPSA) is 80.5 Å². The van der Waals surface area contributed by atoms with Gasteiger partial charge in [-0.3, -0.25) is 4.79 Å². The van der Waals surface area contributed by atoms with E-state index in [1.807, 2.05) is 0 Å². The molecule has 1 rings (SSSR count). The molecule has 8 heteroatoms. The number of hydrogen-bond acceptors (Lipinski definition) is 3. The van der Waals surface area contributed by atoms with Crippen LogP contribution in [-0.2, 0) is 10.0 Å². The standard InChI is InChI=1S/C12H16F2N2O3S/c1-4-16(7(2)3)12(17)9-5-8(20(15,18)19)6-10(13)11(9)14/h5-7H,4H2,1-3H3,(H2,15,18,19). The summed E-state index contributed by atoms with van der Waals surface area (Å²) in [6.07, 6.45) is 0. The summed E-state index contributed by atoms with van der Waals surface area (Å²) in [6.45, 7) is 5.37. The Balaban J connectivity index is 3.45. The first-order valence-electron chi connectivity index (χ1n) is 5.92. The van der Waals surface area contributed by atoms with E-state index in [4.69, 9.17) is 5.14 Å². The van der Waals surface area contributed by atoms with E-state index < -0.39 is 38.0 Å². The van der Waals surface area contributed by atoms with Crippen molar-refractivity contribution in [2.45, 2.75) is 31.7 Å². The van der Waals surface area contributed by atoms with Gasteiger partial charge in [0.2, 0.25) is 10.0 Å². The lowest BCUT2D eigenvalue weighted by molar-refractivity contribution is 0.0710. The third-order valence-electron chi connectivity index (χ3n) is 2.79. The number of hydrogen-bond donors (Lipinski definition) is 1. The fraction of sp³-hybridized carbons (Fsp3) is 0.417. The molecule has 0 spiro atoms. The molecule has 5 nitrogen and oxygen atoms in total. The molecule has 0 aromatic heterocycles. The number of halogens is 2. The van der Waals surface area contributed by atoms with Gasteiger partial charge in [-0.1, -0.05) is 0 Å². The van der Waals surface area contributed by atoms with E-state index in [0.29, 0.717) is 6.07 Å². The van der Waals surface area contributed by atoms with Crippen molar-refractivity contribution >= 4 is 15.9 Å². The predicted molar refractivity (Wildman–Crippen MR) is 69.6 cm³/mol. The van der Waals surface area contributed by atoms with Gasteiger partial charge in [0.15, 0.2) is 11.6 Å². The van der Waals surface area contributed by atoms with Crippen LogP contribution in [0.1, 0.15) is 31.1 Å². The van der Waals surface area contributed by atoms with E-state index in [0.717, 1.165) is 6.07 Å². The highest BCUT2D eigenvalue weighted by molar-refractivity contribution is 7.89. The second-order valence-corrected chi connectivity index (χ2v) is 6.06. The van der Waals surface area contributed by atoms with E-state index in [2.05, 4.69) is 0 Å². The van der Waals surface area contributed by atoms with Crippen molar-refractivity contribution in [3.05, 3.63) is 29.3 Å². The molecular formula is C12H16F2N2O3S. The Kier molecular flexibility index (Phi) is 4.82. The maximum atomic E-state index is 13.7. The summed E-state index contributed by atoms with van der Waals surface area (Å²) >= 11 is 0. The van der Waals surface area contributed by atoms with Gasteiger partial charge >= 0.3 is 0 Å². The first-order valence-corrected chi connectivity index (χ1v) is 7.47. The number of sulfonamides is 1. The Hall–Kier alpha value is -1.54. The van der Waals surface area contributed by atoms with Crippen molar-refractivity contribution in [2.24, 2.45) is 5.14 Å². The van der Waals surface area contributed by atoms with Gasteiger partial charge in [-0.2, -0.15) is 0 Å². The monoisotopic (exact) mass is 306 g/mol.